The Hall–Kier alpha value is -2.24. The molecule has 6 nitrogen and oxygen atoms in total. The second-order valence-corrected chi connectivity index (χ2v) is 3.98. The molecular weight excluding hydrogens is 250 g/mol. The third kappa shape index (κ3) is 3.37. The Morgan fingerprint density at radius 3 is 2.37 bits per heavy atom. The highest BCUT2D eigenvalue weighted by atomic mass is 16.6. The molecule has 1 rings (SSSR count). The summed E-state index contributed by atoms with van der Waals surface area (Å²) in [7, 11) is 2.56. The summed E-state index contributed by atoms with van der Waals surface area (Å²) in [5.41, 5.74) is 6.91. The van der Waals surface area contributed by atoms with Crippen LogP contribution >= 0.6 is 0 Å². The Morgan fingerprint density at radius 1 is 1.21 bits per heavy atom. The zero-order chi connectivity index (χ0) is 14.6. The zero-order valence-corrected chi connectivity index (χ0v) is 11.4. The van der Waals surface area contributed by atoms with E-state index < -0.39 is 18.0 Å². The molecule has 0 aromatic heterocycles. The summed E-state index contributed by atoms with van der Waals surface area (Å²) in [4.78, 5) is 22.7. The summed E-state index contributed by atoms with van der Waals surface area (Å²) >= 11 is 0. The molecule has 0 amide bonds. The molecule has 0 heterocycles. The van der Waals surface area contributed by atoms with Gasteiger partial charge in [0.1, 0.15) is 5.75 Å². The lowest BCUT2D eigenvalue weighted by Crippen LogP contribution is -2.25. The van der Waals surface area contributed by atoms with E-state index in [1.165, 1.54) is 20.3 Å². The van der Waals surface area contributed by atoms with Crippen LogP contribution < -0.4 is 10.5 Å². The molecule has 2 N–H and O–H groups in total. The summed E-state index contributed by atoms with van der Waals surface area (Å²) in [6.07, 6.45) is -0.757. The lowest BCUT2D eigenvalue weighted by molar-refractivity contribution is -0.147. The lowest BCUT2D eigenvalue weighted by atomic mass is 10.1. The molecule has 0 aliphatic carbocycles. The van der Waals surface area contributed by atoms with Gasteiger partial charge in [-0.1, -0.05) is 0 Å². The molecule has 0 saturated carbocycles. The number of carbonyl (C=O) groups is 2. The van der Waals surface area contributed by atoms with E-state index in [1.807, 2.05) is 0 Å². The fourth-order valence-corrected chi connectivity index (χ4v) is 1.52. The third-order valence-electron chi connectivity index (χ3n) is 2.59. The standard InChI is InChI=1S/C13H17NO5/c1-7-5-9(13(16)18-4)10(14)6-11(7)19-8(2)12(15)17-3/h5-6,8H,14H2,1-4H3. The fraction of sp³-hybridized carbons (Fsp3) is 0.385. The molecule has 0 fully saturated rings. The number of aryl methyl sites for hydroxylation is 1. The Balaban J connectivity index is 3.02. The van der Waals surface area contributed by atoms with Crippen LogP contribution in [-0.4, -0.2) is 32.3 Å². The molecule has 1 aromatic rings. The van der Waals surface area contributed by atoms with Crippen LogP contribution in [0.4, 0.5) is 5.69 Å². The lowest BCUT2D eigenvalue weighted by Gasteiger charge is -2.16. The molecule has 104 valence electrons. The molecular formula is C13H17NO5. The Morgan fingerprint density at radius 2 is 1.84 bits per heavy atom. The van der Waals surface area contributed by atoms with Gasteiger partial charge in [-0.3, -0.25) is 0 Å². The number of rotatable bonds is 4. The first-order valence-corrected chi connectivity index (χ1v) is 5.63. The van der Waals surface area contributed by atoms with Gasteiger partial charge in [0.25, 0.3) is 0 Å². The fourth-order valence-electron chi connectivity index (χ4n) is 1.52. The molecule has 6 heteroatoms. The minimum Gasteiger partial charge on any atom is -0.479 e. The van der Waals surface area contributed by atoms with Crippen LogP contribution in [0.1, 0.15) is 22.8 Å². The van der Waals surface area contributed by atoms with E-state index in [1.54, 1.807) is 19.9 Å². The van der Waals surface area contributed by atoms with Crippen LogP contribution in [0.15, 0.2) is 12.1 Å². The topological polar surface area (TPSA) is 87.8 Å². The molecule has 19 heavy (non-hydrogen) atoms. The number of hydrogen-bond donors (Lipinski definition) is 1. The average Bonchev–Trinajstić information content (AvgIpc) is 2.40. The summed E-state index contributed by atoms with van der Waals surface area (Å²) in [6.45, 7) is 3.31. The van der Waals surface area contributed by atoms with Crippen molar-refractivity contribution >= 4 is 17.6 Å². The smallest absolute Gasteiger partial charge is 0.346 e. The van der Waals surface area contributed by atoms with Crippen molar-refractivity contribution in [3.8, 4) is 5.75 Å². The van der Waals surface area contributed by atoms with Gasteiger partial charge < -0.3 is 19.9 Å². The monoisotopic (exact) mass is 267 g/mol. The molecule has 0 saturated heterocycles. The number of ether oxygens (including phenoxy) is 3. The van der Waals surface area contributed by atoms with E-state index in [9.17, 15) is 9.59 Å². The van der Waals surface area contributed by atoms with Crippen molar-refractivity contribution in [1.82, 2.24) is 0 Å². The maximum absolute atomic E-state index is 11.5. The summed E-state index contributed by atoms with van der Waals surface area (Å²) in [5, 5.41) is 0. The van der Waals surface area contributed by atoms with E-state index in [4.69, 9.17) is 10.5 Å². The highest BCUT2D eigenvalue weighted by Gasteiger charge is 2.18. The molecule has 0 aliphatic heterocycles. The van der Waals surface area contributed by atoms with Gasteiger partial charge in [-0.15, -0.1) is 0 Å². The van der Waals surface area contributed by atoms with Gasteiger partial charge in [0, 0.05) is 11.8 Å². The van der Waals surface area contributed by atoms with Crippen molar-refractivity contribution in [3.05, 3.63) is 23.3 Å². The predicted molar refractivity (Wildman–Crippen MR) is 69.0 cm³/mol. The Bertz CT molecular complexity index is 498. The number of nitrogens with two attached hydrogens (primary N) is 1. The molecule has 1 unspecified atom stereocenters. The van der Waals surface area contributed by atoms with E-state index in [0.29, 0.717) is 11.3 Å². The molecule has 1 aromatic carbocycles. The Kier molecular flexibility index (Phi) is 4.74. The van der Waals surface area contributed by atoms with Gasteiger partial charge in [0.2, 0.25) is 0 Å². The van der Waals surface area contributed by atoms with Crippen LogP contribution in [0.3, 0.4) is 0 Å². The van der Waals surface area contributed by atoms with Crippen LogP contribution in [-0.2, 0) is 14.3 Å². The first-order chi connectivity index (χ1) is 8.90. The summed E-state index contributed by atoms with van der Waals surface area (Å²) in [6, 6.07) is 3.04. The highest BCUT2D eigenvalue weighted by molar-refractivity contribution is 5.95. The number of benzene rings is 1. The predicted octanol–water partition coefficient (Wildman–Crippen LogP) is 1.30. The van der Waals surface area contributed by atoms with Crippen LogP contribution in [0.2, 0.25) is 0 Å². The molecule has 0 spiro atoms. The van der Waals surface area contributed by atoms with Crippen molar-refractivity contribution in [3.63, 3.8) is 0 Å². The van der Waals surface area contributed by atoms with Gasteiger partial charge in [-0.05, 0) is 25.5 Å². The summed E-state index contributed by atoms with van der Waals surface area (Å²) in [5.74, 6) is -0.591. The summed E-state index contributed by atoms with van der Waals surface area (Å²) < 4.78 is 14.6. The maximum atomic E-state index is 11.5. The van der Waals surface area contributed by atoms with Crippen LogP contribution in [0, 0.1) is 6.92 Å². The van der Waals surface area contributed by atoms with E-state index >= 15 is 0 Å². The minimum absolute atomic E-state index is 0.226. The number of hydrogen-bond acceptors (Lipinski definition) is 6. The van der Waals surface area contributed by atoms with E-state index in [0.717, 1.165) is 0 Å². The highest BCUT2D eigenvalue weighted by Crippen LogP contribution is 2.26. The normalized spacial score (nSPS) is 11.6. The second kappa shape index (κ2) is 6.08. The maximum Gasteiger partial charge on any atom is 0.346 e. The minimum atomic E-state index is -0.757. The quantitative estimate of drug-likeness (QED) is 0.653. The van der Waals surface area contributed by atoms with Crippen molar-refractivity contribution in [2.45, 2.75) is 20.0 Å². The number of anilines is 1. The number of nitrogen functional groups attached to an aromatic ring is 1. The average molecular weight is 267 g/mol. The molecule has 0 radical (unpaired) electrons. The second-order valence-electron chi connectivity index (χ2n) is 3.98. The van der Waals surface area contributed by atoms with Gasteiger partial charge in [0.15, 0.2) is 6.10 Å². The van der Waals surface area contributed by atoms with Crippen LogP contribution in [0.5, 0.6) is 5.75 Å². The largest absolute Gasteiger partial charge is 0.479 e. The molecule has 0 bridgehead atoms. The van der Waals surface area contributed by atoms with Crippen LogP contribution in [0.25, 0.3) is 0 Å². The number of carbonyl (C=O) groups excluding carboxylic acids is 2. The van der Waals surface area contributed by atoms with Crippen molar-refractivity contribution < 1.29 is 23.8 Å². The van der Waals surface area contributed by atoms with Gasteiger partial charge >= 0.3 is 11.9 Å². The van der Waals surface area contributed by atoms with Crippen molar-refractivity contribution in [1.29, 1.82) is 0 Å². The zero-order valence-electron chi connectivity index (χ0n) is 11.4. The molecule has 1 atom stereocenters. The first kappa shape index (κ1) is 14.8. The number of esters is 2. The van der Waals surface area contributed by atoms with Gasteiger partial charge in [-0.2, -0.15) is 0 Å². The Labute approximate surface area is 111 Å². The SMILES string of the molecule is COC(=O)c1cc(C)c(OC(C)C(=O)OC)cc1N. The first-order valence-electron chi connectivity index (χ1n) is 5.63. The van der Waals surface area contributed by atoms with E-state index in [-0.39, 0.29) is 11.3 Å². The van der Waals surface area contributed by atoms with Crippen molar-refractivity contribution in [2.75, 3.05) is 20.0 Å². The van der Waals surface area contributed by atoms with Gasteiger partial charge in [-0.25, -0.2) is 9.59 Å². The van der Waals surface area contributed by atoms with Gasteiger partial charge in [0.05, 0.1) is 19.8 Å². The molecule has 0 aliphatic rings. The third-order valence-corrected chi connectivity index (χ3v) is 2.59. The number of methoxy groups -OCH3 is 2. The van der Waals surface area contributed by atoms with E-state index in [2.05, 4.69) is 9.47 Å². The van der Waals surface area contributed by atoms with Crippen molar-refractivity contribution in [2.24, 2.45) is 0 Å².